The van der Waals surface area contributed by atoms with Crippen LogP contribution >= 0.6 is 0 Å². The van der Waals surface area contributed by atoms with Crippen molar-refractivity contribution in [1.29, 1.82) is 0 Å². The van der Waals surface area contributed by atoms with Gasteiger partial charge in [-0.25, -0.2) is 8.42 Å². The minimum atomic E-state index is -4.60. The molecule has 1 aliphatic carbocycles. The van der Waals surface area contributed by atoms with Crippen LogP contribution in [-0.2, 0) is 14.8 Å². The van der Waals surface area contributed by atoms with Crippen LogP contribution in [0.5, 0.6) is 5.75 Å². The number of nitrogens with zero attached hydrogens (tertiary/aromatic N) is 3. The van der Waals surface area contributed by atoms with E-state index in [4.69, 9.17) is 4.74 Å². The van der Waals surface area contributed by atoms with Gasteiger partial charge in [0, 0.05) is 25.2 Å². The highest BCUT2D eigenvalue weighted by Crippen LogP contribution is 2.36. The van der Waals surface area contributed by atoms with Crippen molar-refractivity contribution in [2.75, 3.05) is 26.2 Å². The Kier molecular flexibility index (Phi) is 6.98. The van der Waals surface area contributed by atoms with Gasteiger partial charge in [-0.3, -0.25) is 14.9 Å². The van der Waals surface area contributed by atoms with Crippen LogP contribution in [0.25, 0.3) is 0 Å². The number of rotatable bonds is 9. The third kappa shape index (κ3) is 5.68. The van der Waals surface area contributed by atoms with Gasteiger partial charge >= 0.3 is 11.9 Å². The van der Waals surface area contributed by atoms with Crippen LogP contribution in [0.1, 0.15) is 32.6 Å². The predicted octanol–water partition coefficient (Wildman–Crippen LogP) is 2.95. The van der Waals surface area contributed by atoms with Crippen molar-refractivity contribution in [2.24, 2.45) is 5.92 Å². The van der Waals surface area contributed by atoms with E-state index in [9.17, 15) is 36.5 Å². The molecule has 1 aromatic rings. The third-order valence-corrected chi connectivity index (χ3v) is 7.54. The molecule has 0 aromatic heterocycles. The van der Waals surface area contributed by atoms with Crippen molar-refractivity contribution in [3.05, 3.63) is 28.3 Å². The van der Waals surface area contributed by atoms with Crippen LogP contribution in [0.4, 0.5) is 18.9 Å². The van der Waals surface area contributed by atoms with Crippen LogP contribution in [0, 0.1) is 16.0 Å². The van der Waals surface area contributed by atoms with Gasteiger partial charge in [0.15, 0.2) is 12.4 Å². The number of carbonyl (C=O) groups excluding carboxylic acids is 1. The zero-order valence-electron chi connectivity index (χ0n) is 17.4. The van der Waals surface area contributed by atoms with Crippen LogP contribution < -0.4 is 4.74 Å². The minimum Gasteiger partial charge on any atom is -0.477 e. The topological polar surface area (TPSA) is 110 Å². The third-order valence-electron chi connectivity index (χ3n) is 5.65. The first-order valence-electron chi connectivity index (χ1n) is 10.2. The van der Waals surface area contributed by atoms with Crippen LogP contribution in [0.2, 0.25) is 0 Å². The summed E-state index contributed by atoms with van der Waals surface area (Å²) >= 11 is 0. The van der Waals surface area contributed by atoms with E-state index in [-0.39, 0.29) is 10.8 Å². The second-order valence-electron chi connectivity index (χ2n) is 8.00. The van der Waals surface area contributed by atoms with Gasteiger partial charge in [0.1, 0.15) is 6.54 Å². The molecule has 0 bridgehead atoms. The van der Waals surface area contributed by atoms with E-state index < -0.39 is 57.7 Å². The first kappa shape index (κ1) is 24.2. The van der Waals surface area contributed by atoms with Crippen molar-refractivity contribution < 1.29 is 36.0 Å². The summed E-state index contributed by atoms with van der Waals surface area (Å²) in [5.74, 6) is -1.37. The molecule has 1 aliphatic heterocycles. The first-order valence-corrected chi connectivity index (χ1v) is 11.6. The van der Waals surface area contributed by atoms with E-state index in [2.05, 4.69) is 0 Å². The maximum absolute atomic E-state index is 12.9. The van der Waals surface area contributed by atoms with Gasteiger partial charge in [0.05, 0.1) is 9.82 Å². The molecule has 13 heteroatoms. The summed E-state index contributed by atoms with van der Waals surface area (Å²) in [7, 11) is -3.92. The van der Waals surface area contributed by atoms with Gasteiger partial charge < -0.3 is 9.64 Å². The lowest BCUT2D eigenvalue weighted by molar-refractivity contribution is -0.386. The zero-order valence-corrected chi connectivity index (χ0v) is 18.2. The Morgan fingerprint density at radius 1 is 1.31 bits per heavy atom. The number of nitro groups is 1. The van der Waals surface area contributed by atoms with Crippen molar-refractivity contribution in [3.63, 3.8) is 0 Å². The van der Waals surface area contributed by atoms with Crippen molar-refractivity contribution in [3.8, 4) is 5.75 Å². The Hall–Kier alpha value is -2.41. The van der Waals surface area contributed by atoms with Crippen LogP contribution in [-0.4, -0.2) is 66.9 Å². The molecule has 1 heterocycles. The average molecular weight is 479 g/mol. The second kappa shape index (κ2) is 9.22. The average Bonchev–Trinajstić information content (AvgIpc) is 3.41. The van der Waals surface area contributed by atoms with Crippen molar-refractivity contribution in [1.82, 2.24) is 9.21 Å². The largest absolute Gasteiger partial charge is 0.477 e. The monoisotopic (exact) mass is 479 g/mol. The first-order chi connectivity index (χ1) is 14.9. The van der Waals surface area contributed by atoms with Crippen LogP contribution in [0.3, 0.4) is 0 Å². The predicted molar refractivity (Wildman–Crippen MR) is 107 cm³/mol. The van der Waals surface area contributed by atoms with Gasteiger partial charge in [-0.2, -0.15) is 17.5 Å². The molecule has 1 saturated carbocycles. The number of ether oxygens (including phenoxy) is 1. The highest BCUT2D eigenvalue weighted by Gasteiger charge is 2.40. The molecule has 0 spiro atoms. The summed E-state index contributed by atoms with van der Waals surface area (Å²) in [6.07, 6.45) is -1.77. The molecule has 2 fully saturated rings. The fourth-order valence-corrected chi connectivity index (χ4v) is 5.25. The van der Waals surface area contributed by atoms with Crippen molar-refractivity contribution >= 4 is 21.6 Å². The molecule has 1 atom stereocenters. The standard InChI is InChI=1S/C19H24F3N3O6S/c1-13(14-4-5-14)24(12-19(20,21)22)18(26)11-31-17-7-6-15(10-16(17)25(27)28)32(29,30)23-8-2-3-9-23/h6-7,10,13-14H,2-5,8-9,11-12H2,1H3. The lowest BCUT2D eigenvalue weighted by Crippen LogP contribution is -2.47. The molecule has 3 rings (SSSR count). The summed E-state index contributed by atoms with van der Waals surface area (Å²) in [5.41, 5.74) is -0.685. The van der Waals surface area contributed by atoms with E-state index in [1.165, 1.54) is 11.2 Å². The van der Waals surface area contributed by atoms with E-state index >= 15 is 0 Å². The summed E-state index contributed by atoms with van der Waals surface area (Å²) in [6, 6.07) is 2.37. The van der Waals surface area contributed by atoms with Gasteiger partial charge in [0.2, 0.25) is 10.0 Å². The van der Waals surface area contributed by atoms with Gasteiger partial charge in [0.25, 0.3) is 5.91 Å². The number of amides is 1. The highest BCUT2D eigenvalue weighted by molar-refractivity contribution is 7.89. The number of halogens is 3. The smallest absolute Gasteiger partial charge is 0.406 e. The SMILES string of the molecule is CC(C1CC1)N(CC(F)(F)F)C(=O)COc1ccc(S(=O)(=O)N2CCCC2)cc1[N+](=O)[O-]. The summed E-state index contributed by atoms with van der Waals surface area (Å²) < 4.78 is 70.5. The second-order valence-corrected chi connectivity index (χ2v) is 9.94. The summed E-state index contributed by atoms with van der Waals surface area (Å²) in [4.78, 5) is 23.5. The molecule has 0 radical (unpaired) electrons. The Labute approximate surface area is 183 Å². The molecule has 0 N–H and O–H groups in total. The van der Waals surface area contributed by atoms with E-state index in [1.54, 1.807) is 0 Å². The number of carbonyl (C=O) groups is 1. The van der Waals surface area contributed by atoms with E-state index in [0.29, 0.717) is 30.8 Å². The normalized spacial score (nSPS) is 18.4. The minimum absolute atomic E-state index is 0.0225. The molecule has 1 saturated heterocycles. The maximum Gasteiger partial charge on any atom is 0.406 e. The zero-order chi connectivity index (χ0) is 23.7. The Bertz CT molecular complexity index is 975. The summed E-state index contributed by atoms with van der Waals surface area (Å²) in [6.45, 7) is -0.121. The number of sulfonamides is 1. The maximum atomic E-state index is 12.9. The number of nitro benzene ring substituents is 1. The molecule has 1 amide bonds. The van der Waals surface area contributed by atoms with Gasteiger partial charge in [-0.05, 0) is 50.7 Å². The fraction of sp³-hybridized carbons (Fsp3) is 0.632. The number of benzene rings is 1. The van der Waals surface area contributed by atoms with Gasteiger partial charge in [-0.15, -0.1) is 0 Å². The van der Waals surface area contributed by atoms with Gasteiger partial charge in [-0.1, -0.05) is 0 Å². The molecule has 1 unspecified atom stereocenters. The molecule has 178 valence electrons. The molecule has 2 aliphatic rings. The lowest BCUT2D eigenvalue weighted by Gasteiger charge is -2.30. The lowest BCUT2D eigenvalue weighted by atomic mass is 10.2. The Morgan fingerprint density at radius 2 is 1.94 bits per heavy atom. The number of alkyl halides is 3. The van der Waals surface area contributed by atoms with E-state index in [0.717, 1.165) is 31.0 Å². The molecule has 32 heavy (non-hydrogen) atoms. The number of hydrogen-bond donors (Lipinski definition) is 0. The van der Waals surface area contributed by atoms with Crippen molar-refractivity contribution in [2.45, 2.75) is 49.7 Å². The Morgan fingerprint density at radius 3 is 2.47 bits per heavy atom. The fourth-order valence-electron chi connectivity index (χ4n) is 3.71. The molecule has 9 nitrogen and oxygen atoms in total. The molecule has 1 aromatic carbocycles. The summed E-state index contributed by atoms with van der Waals surface area (Å²) in [5, 5.41) is 11.5. The van der Waals surface area contributed by atoms with Crippen LogP contribution in [0.15, 0.2) is 23.1 Å². The number of hydrogen-bond acceptors (Lipinski definition) is 6. The van der Waals surface area contributed by atoms with E-state index in [1.807, 2.05) is 0 Å². The Balaban J connectivity index is 1.77. The molecular weight excluding hydrogens is 455 g/mol. The molecular formula is C19H24F3N3O6S. The highest BCUT2D eigenvalue weighted by atomic mass is 32.2. The quantitative estimate of drug-likeness (QED) is 0.398.